The minimum Gasteiger partial charge on any atom is -0.302 e. The van der Waals surface area contributed by atoms with Crippen molar-refractivity contribution in [1.82, 2.24) is 0 Å². The van der Waals surface area contributed by atoms with Crippen molar-refractivity contribution < 1.29 is 9.00 Å². The molecule has 0 aromatic rings. The minimum absolute atomic E-state index is 0.172. The van der Waals surface area contributed by atoms with E-state index in [1.54, 1.807) is 0 Å². The molecule has 2 nitrogen and oxygen atoms in total. The monoisotopic (exact) mass is 130 g/mol. The second-order valence-corrected chi connectivity index (χ2v) is 3.10. The Kier molecular flexibility index (Phi) is 1.58. The predicted octanol–water partition coefficient (Wildman–Crippen LogP) is 0.222. The van der Waals surface area contributed by atoms with Crippen molar-refractivity contribution in [3.8, 4) is 0 Å². The number of rotatable bonds is 3. The van der Waals surface area contributed by atoms with Crippen LogP contribution in [0.5, 0.6) is 0 Å². The van der Waals surface area contributed by atoms with Gasteiger partial charge in [-0.3, -0.25) is 4.21 Å². The maximum absolute atomic E-state index is 10.6. The summed E-state index contributed by atoms with van der Waals surface area (Å²) in [5.41, 5.74) is 0. The topological polar surface area (TPSA) is 34.1 Å². The highest BCUT2D eigenvalue weighted by atomic mass is 32.2. The third-order valence-corrected chi connectivity index (χ3v) is 2.24. The zero-order valence-electron chi connectivity index (χ0n) is 4.29. The number of carbonyl (C=O) groups excluding carboxylic acids is 1. The molecule has 0 heterocycles. The van der Waals surface area contributed by atoms with Crippen LogP contribution in [-0.4, -0.2) is 16.2 Å². The Morgan fingerprint density at radius 1 is 1.88 bits per heavy atom. The van der Waals surface area contributed by atoms with Gasteiger partial charge in [0.1, 0.15) is 6.29 Å². The molecule has 0 radical (unpaired) electrons. The number of hydrogen-bond acceptors (Lipinski definition) is 2. The average molecular weight is 130 g/mol. The maximum Gasteiger partial charge on any atom is 0.132 e. The molecule has 0 fully saturated rings. The largest absolute Gasteiger partial charge is 0.302 e. The van der Waals surface area contributed by atoms with Crippen molar-refractivity contribution >= 4 is 17.1 Å². The SMILES string of the molecule is O=CCS(=O)C1=CC1. The molecule has 44 valence electrons. The van der Waals surface area contributed by atoms with Gasteiger partial charge in [0, 0.05) is 4.91 Å². The highest BCUT2D eigenvalue weighted by molar-refractivity contribution is 7.89. The van der Waals surface area contributed by atoms with Gasteiger partial charge < -0.3 is 4.79 Å². The molecule has 1 unspecified atom stereocenters. The van der Waals surface area contributed by atoms with Gasteiger partial charge >= 0.3 is 0 Å². The Morgan fingerprint density at radius 3 is 2.88 bits per heavy atom. The van der Waals surface area contributed by atoms with E-state index in [9.17, 15) is 9.00 Å². The first kappa shape index (κ1) is 5.69. The number of aldehydes is 1. The van der Waals surface area contributed by atoms with Crippen LogP contribution in [0.1, 0.15) is 6.42 Å². The lowest BCUT2D eigenvalue weighted by Gasteiger charge is -1.82. The summed E-state index contributed by atoms with van der Waals surface area (Å²) < 4.78 is 10.6. The summed E-state index contributed by atoms with van der Waals surface area (Å²) in [6.07, 6.45) is 3.41. The molecule has 0 amide bonds. The molecule has 1 aliphatic rings. The summed E-state index contributed by atoms with van der Waals surface area (Å²) >= 11 is 0. The Morgan fingerprint density at radius 2 is 2.50 bits per heavy atom. The predicted molar refractivity (Wildman–Crippen MR) is 31.8 cm³/mol. The first-order valence-electron chi connectivity index (χ1n) is 2.35. The fourth-order valence-electron chi connectivity index (χ4n) is 0.396. The average Bonchev–Trinajstić information content (AvgIpc) is 2.45. The van der Waals surface area contributed by atoms with E-state index < -0.39 is 10.8 Å². The van der Waals surface area contributed by atoms with Crippen molar-refractivity contribution in [2.45, 2.75) is 6.42 Å². The summed E-state index contributed by atoms with van der Waals surface area (Å²) in [4.78, 5) is 10.7. The molecule has 0 bridgehead atoms. The standard InChI is InChI=1S/C5H6O2S/c6-3-4-8(7)5-1-2-5/h1,3H,2,4H2. The van der Waals surface area contributed by atoms with E-state index in [4.69, 9.17) is 0 Å². The van der Waals surface area contributed by atoms with Gasteiger partial charge in [0.2, 0.25) is 0 Å². The number of carbonyl (C=O) groups is 1. The first-order chi connectivity index (χ1) is 3.84. The molecular formula is C5H6O2S. The van der Waals surface area contributed by atoms with Crippen LogP contribution in [0.25, 0.3) is 0 Å². The normalized spacial score (nSPS) is 19.2. The Hall–Kier alpha value is -0.440. The van der Waals surface area contributed by atoms with Gasteiger partial charge in [-0.05, 0) is 6.42 Å². The van der Waals surface area contributed by atoms with E-state index in [1.165, 1.54) is 0 Å². The smallest absolute Gasteiger partial charge is 0.132 e. The van der Waals surface area contributed by atoms with Gasteiger partial charge in [-0.1, -0.05) is 6.08 Å². The minimum atomic E-state index is -0.968. The zero-order chi connectivity index (χ0) is 5.98. The lowest BCUT2D eigenvalue weighted by Crippen LogP contribution is -1.94. The van der Waals surface area contributed by atoms with Gasteiger partial charge in [-0.25, -0.2) is 0 Å². The van der Waals surface area contributed by atoms with Crippen LogP contribution in [-0.2, 0) is 15.6 Å². The summed E-state index contributed by atoms with van der Waals surface area (Å²) in [6.45, 7) is 0. The first-order valence-corrected chi connectivity index (χ1v) is 3.67. The molecule has 3 heteroatoms. The zero-order valence-corrected chi connectivity index (χ0v) is 5.11. The second-order valence-electron chi connectivity index (χ2n) is 1.55. The molecule has 8 heavy (non-hydrogen) atoms. The lowest BCUT2D eigenvalue weighted by molar-refractivity contribution is -0.105. The molecule has 0 aromatic heterocycles. The molecular weight excluding hydrogens is 124 g/mol. The van der Waals surface area contributed by atoms with Crippen LogP contribution in [0.2, 0.25) is 0 Å². The summed E-state index contributed by atoms with van der Waals surface area (Å²) in [5.74, 6) is 0.172. The maximum atomic E-state index is 10.6. The second kappa shape index (κ2) is 2.22. The van der Waals surface area contributed by atoms with Crippen LogP contribution in [0.4, 0.5) is 0 Å². The van der Waals surface area contributed by atoms with Gasteiger partial charge in [0.15, 0.2) is 0 Å². The third kappa shape index (κ3) is 1.26. The van der Waals surface area contributed by atoms with Crippen molar-refractivity contribution in [3.63, 3.8) is 0 Å². The molecule has 0 N–H and O–H groups in total. The quantitative estimate of drug-likeness (QED) is 0.512. The Bertz CT molecular complexity index is 160. The fraction of sp³-hybridized carbons (Fsp3) is 0.400. The van der Waals surface area contributed by atoms with Gasteiger partial charge in [-0.2, -0.15) is 0 Å². The van der Waals surface area contributed by atoms with Crippen LogP contribution in [0.3, 0.4) is 0 Å². The van der Waals surface area contributed by atoms with Crippen LogP contribution >= 0.6 is 0 Å². The van der Waals surface area contributed by atoms with E-state index in [0.717, 1.165) is 11.3 Å². The number of hydrogen-bond donors (Lipinski definition) is 0. The molecule has 0 saturated carbocycles. The Balaban J connectivity index is 2.34. The Labute approximate surface area is 50.0 Å². The van der Waals surface area contributed by atoms with Crippen molar-refractivity contribution in [2.24, 2.45) is 0 Å². The molecule has 0 aromatic carbocycles. The summed E-state index contributed by atoms with van der Waals surface area (Å²) in [6, 6.07) is 0. The van der Waals surface area contributed by atoms with Crippen LogP contribution in [0, 0.1) is 0 Å². The van der Waals surface area contributed by atoms with Crippen LogP contribution in [0.15, 0.2) is 11.0 Å². The lowest BCUT2D eigenvalue weighted by atomic mass is 10.9. The molecule has 0 saturated heterocycles. The van der Waals surface area contributed by atoms with Crippen LogP contribution < -0.4 is 0 Å². The fourth-order valence-corrected chi connectivity index (χ4v) is 1.19. The van der Waals surface area contributed by atoms with E-state index in [2.05, 4.69) is 0 Å². The van der Waals surface area contributed by atoms with Crippen molar-refractivity contribution in [1.29, 1.82) is 0 Å². The van der Waals surface area contributed by atoms with Crippen molar-refractivity contribution in [2.75, 3.05) is 5.75 Å². The molecule has 1 rings (SSSR count). The highest BCUT2D eigenvalue weighted by Gasteiger charge is 2.13. The van der Waals surface area contributed by atoms with Gasteiger partial charge in [-0.15, -0.1) is 0 Å². The third-order valence-electron chi connectivity index (χ3n) is 0.883. The van der Waals surface area contributed by atoms with E-state index in [-0.39, 0.29) is 5.75 Å². The number of allylic oxidation sites excluding steroid dienone is 2. The van der Waals surface area contributed by atoms with E-state index in [0.29, 0.717) is 6.29 Å². The van der Waals surface area contributed by atoms with Gasteiger partial charge in [0.25, 0.3) is 0 Å². The molecule has 0 aliphatic heterocycles. The molecule has 1 aliphatic carbocycles. The van der Waals surface area contributed by atoms with Crippen molar-refractivity contribution in [3.05, 3.63) is 11.0 Å². The molecule has 1 atom stereocenters. The van der Waals surface area contributed by atoms with Gasteiger partial charge in [0.05, 0.1) is 16.6 Å². The van der Waals surface area contributed by atoms with E-state index >= 15 is 0 Å². The highest BCUT2D eigenvalue weighted by Crippen LogP contribution is 2.21. The van der Waals surface area contributed by atoms with E-state index in [1.807, 2.05) is 6.08 Å². The summed E-state index contributed by atoms with van der Waals surface area (Å²) in [7, 11) is -0.968. The molecule has 0 spiro atoms. The summed E-state index contributed by atoms with van der Waals surface area (Å²) in [5, 5.41) is 0.